The molecule has 2 aromatic carbocycles. The van der Waals surface area contributed by atoms with E-state index in [0.717, 1.165) is 0 Å². The molecule has 2 rings (SSSR count). The van der Waals surface area contributed by atoms with Crippen LogP contribution in [-0.2, 0) is 11.2 Å². The summed E-state index contributed by atoms with van der Waals surface area (Å²) in [4.78, 5) is 28.9. The fraction of sp³-hybridized carbons (Fsp3) is 0.150. The van der Waals surface area contributed by atoms with E-state index in [1.54, 1.807) is 42.5 Å². The average Bonchev–Trinajstić information content (AvgIpc) is 2.72. The van der Waals surface area contributed by atoms with E-state index >= 15 is 0 Å². The Morgan fingerprint density at radius 3 is 2.71 bits per heavy atom. The molecule has 0 heterocycles. The van der Waals surface area contributed by atoms with Crippen LogP contribution in [-0.4, -0.2) is 31.2 Å². The number of halogens is 1. The number of carbonyl (C=O) groups excluding carboxylic acids is 2. The largest absolute Gasteiger partial charge is 0.403 e. The minimum absolute atomic E-state index is 0.00360. The molecule has 5 N–H and O–H groups in total. The van der Waals surface area contributed by atoms with E-state index < -0.39 is 23.7 Å². The fourth-order valence-corrected chi connectivity index (χ4v) is 2.47. The predicted molar refractivity (Wildman–Crippen MR) is 106 cm³/mol. The van der Waals surface area contributed by atoms with Crippen molar-refractivity contribution in [2.45, 2.75) is 12.5 Å². The van der Waals surface area contributed by atoms with Crippen molar-refractivity contribution in [2.24, 2.45) is 10.7 Å². The number of nitrogens with zero attached hydrogens (tertiary/aromatic N) is 1. The van der Waals surface area contributed by atoms with Crippen LogP contribution in [0.5, 0.6) is 0 Å². The zero-order valence-corrected chi connectivity index (χ0v) is 15.2. The van der Waals surface area contributed by atoms with Gasteiger partial charge < -0.3 is 21.7 Å². The van der Waals surface area contributed by atoms with Gasteiger partial charge in [0.05, 0.1) is 12.4 Å². The summed E-state index contributed by atoms with van der Waals surface area (Å²) in [6.45, 7) is 3.53. The number of benzene rings is 2. The molecule has 0 aromatic heterocycles. The quantitative estimate of drug-likeness (QED) is 0.300. The number of hydrogen-bond acceptors (Lipinski definition) is 5. The van der Waals surface area contributed by atoms with Gasteiger partial charge in [0.15, 0.2) is 0 Å². The first-order valence-corrected chi connectivity index (χ1v) is 8.54. The zero-order valence-electron chi connectivity index (χ0n) is 15.2. The summed E-state index contributed by atoms with van der Waals surface area (Å²) < 4.78 is 14.0. The number of hydrogen-bond donors (Lipinski definition) is 4. The highest BCUT2D eigenvalue weighted by Crippen LogP contribution is 2.14. The number of nitrogens with one attached hydrogen (secondary N) is 3. The SMILES string of the molecule is C=Nc1cccc(C(=O)NC(Cc2ccccc2F)C(=O)NCN/C=C\N)c1. The second-order valence-electron chi connectivity index (χ2n) is 5.81. The van der Waals surface area contributed by atoms with Crippen molar-refractivity contribution in [2.75, 3.05) is 6.67 Å². The van der Waals surface area contributed by atoms with Crippen molar-refractivity contribution < 1.29 is 14.0 Å². The molecule has 1 unspecified atom stereocenters. The lowest BCUT2D eigenvalue weighted by Crippen LogP contribution is -2.49. The first kappa shape index (κ1) is 20.6. The highest BCUT2D eigenvalue weighted by molar-refractivity contribution is 5.98. The van der Waals surface area contributed by atoms with Gasteiger partial charge in [-0.1, -0.05) is 24.3 Å². The van der Waals surface area contributed by atoms with Crippen LogP contribution in [0.1, 0.15) is 15.9 Å². The first-order chi connectivity index (χ1) is 13.5. The van der Waals surface area contributed by atoms with Crippen molar-refractivity contribution in [1.82, 2.24) is 16.0 Å². The van der Waals surface area contributed by atoms with Crippen LogP contribution in [0, 0.1) is 5.82 Å². The third kappa shape index (κ3) is 5.94. The lowest BCUT2D eigenvalue weighted by molar-refractivity contribution is -0.123. The summed E-state index contributed by atoms with van der Waals surface area (Å²) in [5, 5.41) is 8.02. The van der Waals surface area contributed by atoms with Gasteiger partial charge in [-0.15, -0.1) is 0 Å². The van der Waals surface area contributed by atoms with E-state index in [1.165, 1.54) is 18.5 Å². The van der Waals surface area contributed by atoms with Crippen molar-refractivity contribution >= 4 is 24.2 Å². The molecule has 0 fully saturated rings. The molecule has 0 saturated carbocycles. The Morgan fingerprint density at radius 1 is 1.21 bits per heavy atom. The first-order valence-electron chi connectivity index (χ1n) is 8.54. The molecule has 0 spiro atoms. The average molecular weight is 383 g/mol. The van der Waals surface area contributed by atoms with Crippen molar-refractivity contribution in [3.05, 3.63) is 77.9 Å². The third-order valence-corrected chi connectivity index (χ3v) is 3.87. The van der Waals surface area contributed by atoms with Gasteiger partial charge in [-0.3, -0.25) is 14.6 Å². The van der Waals surface area contributed by atoms with Crippen LogP contribution in [0.25, 0.3) is 0 Å². The number of carbonyl (C=O) groups is 2. The molecule has 0 aliphatic carbocycles. The highest BCUT2D eigenvalue weighted by Gasteiger charge is 2.23. The smallest absolute Gasteiger partial charge is 0.252 e. The van der Waals surface area contributed by atoms with E-state index in [0.29, 0.717) is 16.8 Å². The van der Waals surface area contributed by atoms with Crippen molar-refractivity contribution in [3.63, 3.8) is 0 Å². The van der Waals surface area contributed by atoms with Gasteiger partial charge >= 0.3 is 0 Å². The summed E-state index contributed by atoms with van der Waals surface area (Å²) in [6.07, 6.45) is 2.74. The second kappa shape index (κ2) is 10.5. The van der Waals surface area contributed by atoms with Crippen molar-refractivity contribution in [1.29, 1.82) is 0 Å². The van der Waals surface area contributed by atoms with Crippen LogP contribution >= 0.6 is 0 Å². The molecule has 1 atom stereocenters. The van der Waals surface area contributed by atoms with Gasteiger partial charge in [-0.2, -0.15) is 0 Å². The monoisotopic (exact) mass is 383 g/mol. The highest BCUT2D eigenvalue weighted by atomic mass is 19.1. The minimum atomic E-state index is -0.978. The van der Waals surface area contributed by atoms with Gasteiger partial charge in [0.1, 0.15) is 11.9 Å². The van der Waals surface area contributed by atoms with Crippen LogP contribution < -0.4 is 21.7 Å². The number of nitrogens with two attached hydrogens (primary N) is 1. The molecule has 146 valence electrons. The second-order valence-corrected chi connectivity index (χ2v) is 5.81. The van der Waals surface area contributed by atoms with E-state index in [9.17, 15) is 14.0 Å². The molecule has 0 saturated heterocycles. The summed E-state index contributed by atoms with van der Waals surface area (Å²) in [5.74, 6) is -1.39. The van der Waals surface area contributed by atoms with E-state index in [2.05, 4.69) is 27.7 Å². The fourth-order valence-electron chi connectivity index (χ4n) is 2.47. The maximum absolute atomic E-state index is 14.0. The molecule has 28 heavy (non-hydrogen) atoms. The Bertz CT molecular complexity index is 869. The van der Waals surface area contributed by atoms with Gasteiger partial charge in [-0.05, 0) is 36.5 Å². The minimum Gasteiger partial charge on any atom is -0.403 e. The van der Waals surface area contributed by atoms with Gasteiger partial charge in [-0.25, -0.2) is 4.39 Å². The number of rotatable bonds is 9. The number of amides is 2. The molecule has 8 heteroatoms. The predicted octanol–water partition coefficient (Wildman–Crippen LogP) is 1.59. The molecule has 0 radical (unpaired) electrons. The van der Waals surface area contributed by atoms with Gasteiger partial charge in [0, 0.05) is 24.4 Å². The molecular formula is C20H22FN5O2. The molecule has 2 amide bonds. The maximum Gasteiger partial charge on any atom is 0.252 e. The molecule has 0 bridgehead atoms. The van der Waals surface area contributed by atoms with Crippen LogP contribution in [0.2, 0.25) is 0 Å². The van der Waals surface area contributed by atoms with Crippen LogP contribution in [0.3, 0.4) is 0 Å². The Balaban J connectivity index is 2.16. The normalized spacial score (nSPS) is 11.6. The maximum atomic E-state index is 14.0. The molecular weight excluding hydrogens is 361 g/mol. The summed E-state index contributed by atoms with van der Waals surface area (Å²) in [6, 6.07) is 11.6. The molecule has 7 nitrogen and oxygen atoms in total. The van der Waals surface area contributed by atoms with Crippen LogP contribution in [0.4, 0.5) is 10.1 Å². The lowest BCUT2D eigenvalue weighted by Gasteiger charge is -2.19. The Morgan fingerprint density at radius 2 is 2.00 bits per heavy atom. The lowest BCUT2D eigenvalue weighted by atomic mass is 10.0. The number of aliphatic imine (C=N–C) groups is 1. The summed E-state index contributed by atoms with van der Waals surface area (Å²) >= 11 is 0. The van der Waals surface area contributed by atoms with E-state index in [1.807, 2.05) is 0 Å². The topological polar surface area (TPSA) is 109 Å². The van der Waals surface area contributed by atoms with E-state index in [-0.39, 0.29) is 13.1 Å². The molecule has 0 aliphatic rings. The Kier molecular flexibility index (Phi) is 7.71. The molecule has 0 aliphatic heterocycles. The Hall–Kier alpha value is -3.68. The molecule has 2 aromatic rings. The van der Waals surface area contributed by atoms with Gasteiger partial charge in [0.2, 0.25) is 5.91 Å². The zero-order chi connectivity index (χ0) is 20.4. The standard InChI is InChI=1S/C20H22FN5O2/c1-23-16-7-4-6-15(11-16)19(27)26-18(20(28)25-13-24-10-9-22)12-14-5-2-3-8-17(14)21/h2-11,18,24H,1,12-13,22H2,(H,25,28)(H,26,27)/b10-9-. The summed E-state index contributed by atoms with van der Waals surface area (Å²) in [7, 11) is 0. The van der Waals surface area contributed by atoms with Crippen molar-refractivity contribution in [3.8, 4) is 0 Å². The van der Waals surface area contributed by atoms with Crippen LogP contribution in [0.15, 0.2) is 65.9 Å². The Labute approximate surface area is 162 Å². The van der Waals surface area contributed by atoms with Gasteiger partial charge in [0.25, 0.3) is 5.91 Å². The third-order valence-electron chi connectivity index (χ3n) is 3.87. The van der Waals surface area contributed by atoms with E-state index in [4.69, 9.17) is 5.73 Å². The summed E-state index contributed by atoms with van der Waals surface area (Å²) in [5.41, 5.74) is 6.38.